The number of nitrogens with zero attached hydrogens (tertiary/aromatic N) is 2. The predicted molar refractivity (Wildman–Crippen MR) is 96.2 cm³/mol. The van der Waals surface area contributed by atoms with Gasteiger partial charge in [-0.3, -0.25) is 38.6 Å². The van der Waals surface area contributed by atoms with Crippen molar-refractivity contribution in [3.63, 3.8) is 0 Å². The van der Waals surface area contributed by atoms with E-state index < -0.39 is 85.6 Å². The molecule has 32 heavy (non-hydrogen) atoms. The van der Waals surface area contributed by atoms with Crippen molar-refractivity contribution in [1.29, 1.82) is 0 Å². The number of rotatable bonds is 11. The Kier molecular flexibility index (Phi) is 7.98. The number of carbonyl (C=O) groups is 8. The van der Waals surface area contributed by atoms with E-state index in [0.29, 0.717) is 9.80 Å². The van der Waals surface area contributed by atoms with E-state index in [4.69, 9.17) is 9.47 Å². The molecule has 2 heterocycles. The average molecular weight is 456 g/mol. The molecule has 0 saturated carbocycles. The number of likely N-dealkylation sites (tertiary alicyclic amines) is 2. The largest absolute Gasteiger partial charge is 0.480 e. The van der Waals surface area contributed by atoms with Gasteiger partial charge in [-0.2, -0.15) is 0 Å². The van der Waals surface area contributed by atoms with Crippen molar-refractivity contribution in [2.24, 2.45) is 0 Å². The molecule has 2 fully saturated rings. The minimum atomic E-state index is -1.72. The van der Waals surface area contributed by atoms with E-state index in [0.717, 1.165) is 0 Å². The fraction of sp³-hybridized carbons (Fsp3) is 0.556. The maximum absolute atomic E-state index is 11.9. The summed E-state index contributed by atoms with van der Waals surface area (Å²) in [5.41, 5.74) is 0. The van der Waals surface area contributed by atoms with Crippen LogP contribution in [0.15, 0.2) is 0 Å². The van der Waals surface area contributed by atoms with Gasteiger partial charge < -0.3 is 19.7 Å². The van der Waals surface area contributed by atoms with E-state index in [1.807, 2.05) is 0 Å². The molecule has 2 unspecified atom stereocenters. The van der Waals surface area contributed by atoms with E-state index in [1.165, 1.54) is 0 Å². The molecule has 2 saturated heterocycles. The third-order valence-corrected chi connectivity index (χ3v) is 4.70. The zero-order valence-electron chi connectivity index (χ0n) is 16.7. The van der Waals surface area contributed by atoms with Gasteiger partial charge in [-0.1, -0.05) is 0 Å². The Bertz CT molecular complexity index is 764. The second kappa shape index (κ2) is 10.5. The van der Waals surface area contributed by atoms with Crippen molar-refractivity contribution in [3.8, 4) is 0 Å². The van der Waals surface area contributed by atoms with Gasteiger partial charge in [0.1, 0.15) is 25.3 Å². The molecular weight excluding hydrogens is 436 g/mol. The smallest absolute Gasteiger partial charge is 0.327 e. The van der Waals surface area contributed by atoms with Crippen LogP contribution in [0.2, 0.25) is 0 Å². The van der Waals surface area contributed by atoms with Crippen LogP contribution >= 0.6 is 0 Å². The van der Waals surface area contributed by atoms with Crippen LogP contribution in [0.4, 0.5) is 0 Å². The normalized spacial score (nSPS) is 18.0. The Hall–Kier alpha value is -3.84. The van der Waals surface area contributed by atoms with Gasteiger partial charge >= 0.3 is 23.9 Å². The quantitative estimate of drug-likeness (QED) is 0.198. The lowest BCUT2D eigenvalue weighted by Gasteiger charge is -2.22. The molecule has 14 heteroatoms. The van der Waals surface area contributed by atoms with Gasteiger partial charge in [0.25, 0.3) is 0 Å². The Morgan fingerprint density at radius 1 is 0.656 bits per heavy atom. The Balaban J connectivity index is 1.79. The Labute approximate surface area is 180 Å². The maximum Gasteiger partial charge on any atom is 0.327 e. The highest BCUT2D eigenvalue weighted by Gasteiger charge is 2.41. The summed E-state index contributed by atoms with van der Waals surface area (Å²) in [4.78, 5) is 94.0. The lowest BCUT2D eigenvalue weighted by atomic mass is 10.2. The third-order valence-electron chi connectivity index (χ3n) is 4.70. The SMILES string of the molecule is O=C(CC(C(=O)O)N1C(=O)CCC1=O)OCCOC(=O)CC(C(=O)O)N1C(=O)CCC1=O. The van der Waals surface area contributed by atoms with Gasteiger partial charge in [-0.05, 0) is 0 Å². The van der Waals surface area contributed by atoms with Crippen LogP contribution in [-0.2, 0) is 47.8 Å². The van der Waals surface area contributed by atoms with E-state index in [1.54, 1.807) is 0 Å². The molecule has 0 aromatic carbocycles. The summed E-state index contributed by atoms with van der Waals surface area (Å²) in [6.07, 6.45) is -2.22. The van der Waals surface area contributed by atoms with E-state index in [9.17, 15) is 48.6 Å². The Morgan fingerprint density at radius 3 is 1.19 bits per heavy atom. The zero-order chi connectivity index (χ0) is 24.0. The van der Waals surface area contributed by atoms with Crippen LogP contribution in [0.3, 0.4) is 0 Å². The number of carboxylic acid groups (broad SMARTS) is 2. The second-order valence-electron chi connectivity index (χ2n) is 6.87. The van der Waals surface area contributed by atoms with Gasteiger partial charge in [0.15, 0.2) is 0 Å². The summed E-state index contributed by atoms with van der Waals surface area (Å²) in [6, 6.07) is -3.45. The van der Waals surface area contributed by atoms with E-state index >= 15 is 0 Å². The highest BCUT2D eigenvalue weighted by Crippen LogP contribution is 2.19. The molecule has 0 spiro atoms. The predicted octanol–water partition coefficient (Wildman–Crippen LogP) is -1.94. The van der Waals surface area contributed by atoms with Crippen LogP contribution in [0.5, 0.6) is 0 Å². The van der Waals surface area contributed by atoms with Gasteiger partial charge in [0, 0.05) is 25.7 Å². The molecule has 0 aliphatic carbocycles. The first-order chi connectivity index (χ1) is 15.0. The van der Waals surface area contributed by atoms with Crippen molar-refractivity contribution in [1.82, 2.24) is 9.80 Å². The van der Waals surface area contributed by atoms with Crippen LogP contribution in [0.25, 0.3) is 0 Å². The molecule has 14 nitrogen and oxygen atoms in total. The maximum atomic E-state index is 11.9. The monoisotopic (exact) mass is 456 g/mol. The Morgan fingerprint density at radius 2 is 0.938 bits per heavy atom. The fourth-order valence-corrected chi connectivity index (χ4v) is 3.21. The number of esters is 2. The summed E-state index contributed by atoms with van der Waals surface area (Å²) in [5, 5.41) is 18.4. The summed E-state index contributed by atoms with van der Waals surface area (Å²) < 4.78 is 9.45. The highest BCUT2D eigenvalue weighted by molar-refractivity contribution is 6.06. The topological polar surface area (TPSA) is 202 Å². The van der Waals surface area contributed by atoms with Crippen LogP contribution in [-0.4, -0.2) is 92.8 Å². The fourth-order valence-electron chi connectivity index (χ4n) is 3.21. The van der Waals surface area contributed by atoms with Crippen LogP contribution in [0, 0.1) is 0 Å². The molecule has 2 N–H and O–H groups in total. The van der Waals surface area contributed by atoms with Crippen molar-refractivity contribution < 1.29 is 58.0 Å². The van der Waals surface area contributed by atoms with Gasteiger partial charge in [-0.25, -0.2) is 9.59 Å². The van der Waals surface area contributed by atoms with Gasteiger partial charge in [0.2, 0.25) is 23.6 Å². The molecule has 0 aromatic rings. The lowest BCUT2D eigenvalue weighted by molar-refractivity contribution is -0.162. The first-order valence-corrected chi connectivity index (χ1v) is 9.49. The summed E-state index contributed by atoms with van der Waals surface area (Å²) in [7, 11) is 0. The number of imide groups is 2. The zero-order valence-corrected chi connectivity index (χ0v) is 16.7. The van der Waals surface area contributed by atoms with E-state index in [-0.39, 0.29) is 25.7 Å². The molecule has 2 aliphatic heterocycles. The van der Waals surface area contributed by atoms with Gasteiger partial charge in [-0.15, -0.1) is 0 Å². The molecule has 2 rings (SSSR count). The number of carbonyl (C=O) groups excluding carboxylic acids is 6. The molecule has 2 aliphatic rings. The summed E-state index contributed by atoms with van der Waals surface area (Å²) in [6.45, 7) is -1.03. The molecule has 4 amide bonds. The minimum Gasteiger partial charge on any atom is -0.480 e. The van der Waals surface area contributed by atoms with E-state index in [2.05, 4.69) is 0 Å². The van der Waals surface area contributed by atoms with Crippen molar-refractivity contribution in [2.75, 3.05) is 13.2 Å². The molecule has 0 bridgehead atoms. The number of aliphatic carboxylic acids is 2. The first-order valence-electron chi connectivity index (χ1n) is 9.49. The molecule has 2 atom stereocenters. The number of hydrogen-bond acceptors (Lipinski definition) is 10. The van der Waals surface area contributed by atoms with Crippen LogP contribution < -0.4 is 0 Å². The third kappa shape index (κ3) is 5.86. The van der Waals surface area contributed by atoms with Crippen molar-refractivity contribution in [3.05, 3.63) is 0 Å². The summed E-state index contributed by atoms with van der Waals surface area (Å²) >= 11 is 0. The number of amides is 4. The molecular formula is C18H20N2O12. The molecule has 0 aromatic heterocycles. The van der Waals surface area contributed by atoms with Crippen LogP contribution in [0.1, 0.15) is 38.5 Å². The van der Waals surface area contributed by atoms with Crippen molar-refractivity contribution in [2.45, 2.75) is 50.6 Å². The standard InChI is InChI=1S/C18H20N2O12/c21-11-1-2-12(22)19(11)9(17(27)28)7-15(25)31-5-6-32-16(26)8-10(18(29)30)20-13(23)3-4-14(20)24/h9-10H,1-8H2,(H,27,28)(H,29,30). The number of ether oxygens (including phenoxy) is 2. The molecule has 0 radical (unpaired) electrons. The highest BCUT2D eigenvalue weighted by atomic mass is 16.6. The number of hydrogen-bond donors (Lipinski definition) is 2. The minimum absolute atomic E-state index is 0.153. The summed E-state index contributed by atoms with van der Waals surface area (Å²) in [5.74, 6) is -8.14. The molecule has 174 valence electrons. The second-order valence-corrected chi connectivity index (χ2v) is 6.87. The number of carboxylic acids is 2. The lowest BCUT2D eigenvalue weighted by Crippen LogP contribution is -2.46. The average Bonchev–Trinajstić information content (AvgIpc) is 3.22. The first kappa shape index (κ1) is 24.4. The van der Waals surface area contributed by atoms with Crippen molar-refractivity contribution >= 4 is 47.5 Å². The van der Waals surface area contributed by atoms with Gasteiger partial charge in [0.05, 0.1) is 12.8 Å².